The van der Waals surface area contributed by atoms with E-state index in [-0.39, 0.29) is 69.1 Å². The number of carbonyl (C=O) groups is 1. The van der Waals surface area contributed by atoms with E-state index < -0.39 is 23.3 Å². The average Bonchev–Trinajstić information content (AvgIpc) is 3.86. The Morgan fingerprint density at radius 1 is 1.26 bits per heavy atom. The lowest BCUT2D eigenvalue weighted by molar-refractivity contribution is -0.127. The molecule has 1 unspecified atom stereocenters. The summed E-state index contributed by atoms with van der Waals surface area (Å²) >= 11 is 0.947. The van der Waals surface area contributed by atoms with Gasteiger partial charge in [0.1, 0.15) is 29.9 Å². The van der Waals surface area contributed by atoms with Crippen LogP contribution in [0.2, 0.25) is 0 Å². The minimum absolute atomic E-state index is 0.0260. The number of likely N-dealkylation sites (N-methyl/N-ethyl adjacent to an activating group) is 1. The van der Waals surface area contributed by atoms with Crippen LogP contribution in [0.5, 0.6) is 6.01 Å². The molecule has 5 heterocycles. The van der Waals surface area contributed by atoms with Gasteiger partial charge in [-0.1, -0.05) is 18.7 Å². The zero-order valence-corrected chi connectivity index (χ0v) is 28.7. The highest BCUT2D eigenvalue weighted by Gasteiger charge is 2.49. The molecule has 262 valence electrons. The Kier molecular flexibility index (Phi) is 9.08. The molecule has 2 aromatic carbocycles. The molecule has 0 aliphatic carbocycles. The van der Waals surface area contributed by atoms with Crippen LogP contribution in [-0.4, -0.2) is 96.0 Å². The first-order valence-electron chi connectivity index (χ1n) is 16.7. The number of aromatic nitrogens is 2. The molecule has 7 rings (SSSR count). The standard InChI is InChI=1S/C36H38F3N7O3S/c1-5-27(47)46-15-12-25(26(46)18-48-4)45(6-2)34-23-9-8-22(21-10-11-24(38)32-28(21)31(41-3)33(40)50-32)29(39)30(23)42-35(43-34)49-19-36-13-7-14-44(36)17-20(37)16-36/h5,8-11,20,25-26H,1,6-7,12-19,40H2,2,4H3/t20-,25?,26-,36+/m1/s1. The summed E-state index contributed by atoms with van der Waals surface area (Å²) in [6.07, 6.45) is 2.97. The van der Waals surface area contributed by atoms with E-state index in [0.29, 0.717) is 49.2 Å². The van der Waals surface area contributed by atoms with Crippen molar-refractivity contribution in [2.75, 3.05) is 57.1 Å². The Labute approximate surface area is 292 Å². The zero-order valence-electron chi connectivity index (χ0n) is 27.9. The molecule has 0 spiro atoms. The molecule has 3 saturated heterocycles. The van der Waals surface area contributed by atoms with Gasteiger partial charge < -0.3 is 25.0 Å². The summed E-state index contributed by atoms with van der Waals surface area (Å²) < 4.78 is 58.6. The third-order valence-electron chi connectivity index (χ3n) is 10.5. The van der Waals surface area contributed by atoms with E-state index in [0.717, 1.165) is 30.7 Å². The van der Waals surface area contributed by atoms with Crippen molar-refractivity contribution in [2.45, 2.75) is 56.4 Å². The first kappa shape index (κ1) is 34.0. The molecule has 1 amide bonds. The fraction of sp³-hybridized carbons (Fsp3) is 0.444. The molecule has 3 fully saturated rings. The van der Waals surface area contributed by atoms with Gasteiger partial charge in [-0.15, -0.1) is 11.3 Å². The topological polar surface area (TPSA) is 101 Å². The minimum atomic E-state index is -0.956. The van der Waals surface area contributed by atoms with Gasteiger partial charge in [-0.25, -0.2) is 18.0 Å². The first-order valence-corrected chi connectivity index (χ1v) is 17.5. The zero-order chi connectivity index (χ0) is 35.3. The smallest absolute Gasteiger partial charge is 0.319 e. The van der Waals surface area contributed by atoms with Crippen LogP contribution in [0.1, 0.15) is 32.6 Å². The molecular weight excluding hydrogens is 668 g/mol. The van der Waals surface area contributed by atoms with Gasteiger partial charge in [0, 0.05) is 49.5 Å². The van der Waals surface area contributed by atoms with Crippen LogP contribution in [0.25, 0.3) is 37.0 Å². The molecule has 50 heavy (non-hydrogen) atoms. The lowest BCUT2D eigenvalue weighted by atomic mass is 9.95. The number of alkyl halides is 1. The highest BCUT2D eigenvalue weighted by molar-refractivity contribution is 7.23. The number of benzene rings is 2. The fourth-order valence-electron chi connectivity index (χ4n) is 8.28. The quantitative estimate of drug-likeness (QED) is 0.147. The van der Waals surface area contributed by atoms with Gasteiger partial charge >= 0.3 is 6.01 Å². The summed E-state index contributed by atoms with van der Waals surface area (Å²) in [4.78, 5) is 31.7. The SMILES string of the molecule is [C-]#[N+]c1c(N)sc2c(F)ccc(-c3ccc4c(N(CC)C5CCN(C(=O)C=C)[C@@H]5COC)nc(OC[C@@]56CCCN5C[C@H](F)C6)nc4c3F)c12. The number of amides is 1. The van der Waals surface area contributed by atoms with Crippen molar-refractivity contribution < 1.29 is 27.4 Å². The van der Waals surface area contributed by atoms with Crippen LogP contribution in [0.4, 0.5) is 29.7 Å². The van der Waals surface area contributed by atoms with Crippen LogP contribution in [0.15, 0.2) is 36.9 Å². The van der Waals surface area contributed by atoms with Crippen molar-refractivity contribution in [3.05, 3.63) is 60.0 Å². The van der Waals surface area contributed by atoms with E-state index >= 15 is 4.39 Å². The molecule has 0 radical (unpaired) electrons. The number of halogens is 3. The highest BCUT2D eigenvalue weighted by Crippen LogP contribution is 2.48. The van der Waals surface area contributed by atoms with E-state index in [2.05, 4.69) is 21.3 Å². The van der Waals surface area contributed by atoms with Crippen LogP contribution in [0, 0.1) is 18.2 Å². The Bertz CT molecular complexity index is 2040. The van der Waals surface area contributed by atoms with Crippen LogP contribution >= 0.6 is 11.3 Å². The molecule has 3 aliphatic rings. The molecule has 2 N–H and O–H groups in total. The molecule has 0 saturated carbocycles. The minimum Gasteiger partial charge on any atom is -0.461 e. The molecular formula is C36H38F3N7O3S. The van der Waals surface area contributed by atoms with Crippen molar-refractivity contribution in [2.24, 2.45) is 0 Å². The summed E-state index contributed by atoms with van der Waals surface area (Å²) in [5.74, 6) is -1.04. The third-order valence-corrected chi connectivity index (χ3v) is 11.5. The van der Waals surface area contributed by atoms with Crippen LogP contribution < -0.4 is 15.4 Å². The van der Waals surface area contributed by atoms with E-state index in [4.69, 9.17) is 26.8 Å². The van der Waals surface area contributed by atoms with Gasteiger partial charge in [-0.2, -0.15) is 9.97 Å². The maximum absolute atomic E-state index is 17.0. The maximum Gasteiger partial charge on any atom is 0.319 e. The molecule has 4 atom stereocenters. The first-order chi connectivity index (χ1) is 24.1. The fourth-order valence-corrected chi connectivity index (χ4v) is 9.22. The lowest BCUT2D eigenvalue weighted by Gasteiger charge is -2.36. The lowest BCUT2D eigenvalue weighted by Crippen LogP contribution is -2.49. The molecule has 0 bridgehead atoms. The maximum atomic E-state index is 17.0. The normalized spacial score (nSPS) is 23.4. The van der Waals surface area contributed by atoms with Gasteiger partial charge in [0.2, 0.25) is 11.6 Å². The Hall–Kier alpha value is -4.45. The molecule has 10 nitrogen and oxygen atoms in total. The number of hydrogen-bond donors (Lipinski definition) is 1. The van der Waals surface area contributed by atoms with Crippen molar-refractivity contribution >= 4 is 54.7 Å². The number of anilines is 2. The third kappa shape index (κ3) is 5.52. The van der Waals surface area contributed by atoms with Crippen LogP contribution in [-0.2, 0) is 9.53 Å². The number of nitrogen functional groups attached to an aromatic ring is 1. The second kappa shape index (κ2) is 13.4. The molecule has 2 aromatic heterocycles. The summed E-state index contributed by atoms with van der Waals surface area (Å²) in [5, 5.41) is 0.795. The van der Waals surface area contributed by atoms with Gasteiger partial charge in [0.25, 0.3) is 0 Å². The van der Waals surface area contributed by atoms with E-state index in [1.54, 1.807) is 24.1 Å². The van der Waals surface area contributed by atoms with Crippen molar-refractivity contribution in [1.29, 1.82) is 0 Å². The molecule has 14 heteroatoms. The Balaban J connectivity index is 1.38. The highest BCUT2D eigenvalue weighted by atomic mass is 32.1. The van der Waals surface area contributed by atoms with Crippen LogP contribution in [0.3, 0.4) is 0 Å². The number of likely N-dealkylation sites (tertiary alicyclic amines) is 1. The summed E-state index contributed by atoms with van der Waals surface area (Å²) in [6.45, 7) is 15.8. The van der Waals surface area contributed by atoms with Gasteiger partial charge in [0.05, 0.1) is 40.5 Å². The summed E-state index contributed by atoms with van der Waals surface area (Å²) in [7, 11) is 1.58. The number of nitrogens with zero attached hydrogens (tertiary/aromatic N) is 6. The van der Waals surface area contributed by atoms with E-state index in [1.807, 2.05) is 11.8 Å². The monoisotopic (exact) mass is 705 g/mol. The number of thiophene rings is 1. The second-order valence-electron chi connectivity index (χ2n) is 13.1. The number of rotatable bonds is 10. The predicted molar refractivity (Wildman–Crippen MR) is 188 cm³/mol. The van der Waals surface area contributed by atoms with Gasteiger partial charge in [-0.05, 0) is 56.5 Å². The predicted octanol–water partition coefficient (Wildman–Crippen LogP) is 6.51. The Morgan fingerprint density at radius 3 is 2.80 bits per heavy atom. The average molecular weight is 706 g/mol. The summed E-state index contributed by atoms with van der Waals surface area (Å²) in [6, 6.07) is 5.35. The van der Waals surface area contributed by atoms with Crippen molar-refractivity contribution in [1.82, 2.24) is 19.8 Å². The second-order valence-corrected chi connectivity index (χ2v) is 14.2. The van der Waals surface area contributed by atoms with E-state index in [9.17, 15) is 13.6 Å². The van der Waals surface area contributed by atoms with Gasteiger partial charge in [0.15, 0.2) is 5.82 Å². The van der Waals surface area contributed by atoms with Gasteiger partial charge in [-0.3, -0.25) is 9.69 Å². The number of fused-ring (bicyclic) bond motifs is 3. The molecule has 3 aliphatic heterocycles. The number of hydrogen-bond acceptors (Lipinski definition) is 9. The largest absolute Gasteiger partial charge is 0.461 e. The molecule has 4 aromatic rings. The number of nitrogens with two attached hydrogens (primary N) is 1. The Morgan fingerprint density at radius 2 is 2.06 bits per heavy atom. The van der Waals surface area contributed by atoms with Crippen molar-refractivity contribution in [3.8, 4) is 17.1 Å². The number of ether oxygens (including phenoxy) is 2. The van der Waals surface area contributed by atoms with Crippen molar-refractivity contribution in [3.63, 3.8) is 0 Å². The number of carbonyl (C=O) groups excluding carboxylic acids is 1. The summed E-state index contributed by atoms with van der Waals surface area (Å²) in [5.41, 5.74) is 6.07. The van der Waals surface area contributed by atoms with E-state index in [1.165, 1.54) is 18.2 Å². The number of methoxy groups -OCH3 is 1.